The molecule has 0 unspecified atom stereocenters. The lowest BCUT2D eigenvalue weighted by atomic mass is 9.99. The molecule has 0 fully saturated rings. The van der Waals surface area contributed by atoms with Gasteiger partial charge in [-0.1, -0.05) is 31.8 Å². The summed E-state index contributed by atoms with van der Waals surface area (Å²) in [4.78, 5) is 24.5. The fourth-order valence-electron chi connectivity index (χ4n) is 2.72. The molecule has 1 amide bonds. The summed E-state index contributed by atoms with van der Waals surface area (Å²) < 4.78 is 21.8. The van der Waals surface area contributed by atoms with E-state index in [4.69, 9.17) is 18.9 Å². The summed E-state index contributed by atoms with van der Waals surface area (Å²) in [5.74, 6) is 1.23. The number of hydrogen-bond donors (Lipinski definition) is 1. The van der Waals surface area contributed by atoms with Gasteiger partial charge in [-0.05, 0) is 44.9 Å². The second-order valence-electron chi connectivity index (χ2n) is 9.64. The maximum Gasteiger partial charge on any atom is 0.408 e. The minimum Gasteiger partial charge on any atom is -0.493 e. The zero-order chi connectivity index (χ0) is 23.0. The van der Waals surface area contributed by atoms with Gasteiger partial charge in [0.15, 0.2) is 11.5 Å². The van der Waals surface area contributed by atoms with E-state index in [2.05, 4.69) is 25.0 Å². The quantitative estimate of drug-likeness (QED) is 0.406. The van der Waals surface area contributed by atoms with Crippen LogP contribution in [0.4, 0.5) is 4.79 Å². The molecular weight excluding hydrogens is 402 g/mol. The summed E-state index contributed by atoms with van der Waals surface area (Å²) in [6.07, 6.45) is 0.642. The first-order valence-corrected chi connectivity index (χ1v) is 13.8. The minimum atomic E-state index is -1.44. The van der Waals surface area contributed by atoms with Gasteiger partial charge < -0.3 is 29.1 Å². The Hall–Kier alpha value is -2.06. The second-order valence-corrected chi connectivity index (χ2v) is 15.3. The van der Waals surface area contributed by atoms with E-state index in [1.165, 1.54) is 0 Å². The summed E-state index contributed by atoms with van der Waals surface area (Å²) in [5, 5.41) is 2.76. The SMILES string of the molecule is COc1ccc(COC[C@](C=O)(CC[Si](C)(C)C)NC(=O)OC(C)(C)C)cc1OC. The summed E-state index contributed by atoms with van der Waals surface area (Å²) in [5.41, 5.74) is -0.924. The molecule has 0 aromatic heterocycles. The van der Waals surface area contributed by atoms with Crippen LogP contribution in [-0.2, 0) is 20.9 Å². The summed E-state index contributed by atoms with van der Waals surface area (Å²) in [6.45, 7) is 12.3. The van der Waals surface area contributed by atoms with Crippen molar-refractivity contribution < 1.29 is 28.5 Å². The topological polar surface area (TPSA) is 83.1 Å². The highest BCUT2D eigenvalue weighted by Gasteiger charge is 2.35. The van der Waals surface area contributed by atoms with Gasteiger partial charge in [0.2, 0.25) is 0 Å². The van der Waals surface area contributed by atoms with Crippen LogP contribution in [0.15, 0.2) is 18.2 Å². The lowest BCUT2D eigenvalue weighted by molar-refractivity contribution is -0.116. The average molecular weight is 440 g/mol. The molecule has 0 heterocycles. The van der Waals surface area contributed by atoms with E-state index in [0.717, 1.165) is 17.9 Å². The highest BCUT2D eigenvalue weighted by molar-refractivity contribution is 6.76. The Morgan fingerprint density at radius 1 is 1.10 bits per heavy atom. The number of rotatable bonds is 11. The Labute approximate surface area is 181 Å². The van der Waals surface area contributed by atoms with Crippen molar-refractivity contribution in [3.8, 4) is 11.5 Å². The average Bonchev–Trinajstić information content (AvgIpc) is 2.63. The first kappa shape index (κ1) is 26.0. The number of aldehydes is 1. The maximum atomic E-state index is 12.4. The molecule has 1 aromatic rings. The summed E-state index contributed by atoms with van der Waals surface area (Å²) in [7, 11) is 1.70. The number of benzene rings is 1. The van der Waals surface area contributed by atoms with Gasteiger partial charge >= 0.3 is 6.09 Å². The van der Waals surface area contributed by atoms with Crippen LogP contribution in [0.25, 0.3) is 0 Å². The normalized spacial score (nSPS) is 13.9. The first-order valence-electron chi connectivity index (χ1n) is 10.1. The van der Waals surface area contributed by atoms with Crippen molar-refractivity contribution in [2.45, 2.75) is 70.6 Å². The molecule has 0 aliphatic carbocycles. The molecular formula is C22H37NO6Si. The molecule has 8 heteroatoms. The number of methoxy groups -OCH3 is 2. The Balaban J connectivity index is 2.91. The van der Waals surface area contributed by atoms with E-state index in [0.29, 0.717) is 17.9 Å². The van der Waals surface area contributed by atoms with Crippen LogP contribution < -0.4 is 14.8 Å². The molecule has 0 aliphatic rings. The molecule has 170 valence electrons. The first-order chi connectivity index (χ1) is 13.8. The molecule has 0 bridgehead atoms. The third kappa shape index (κ3) is 9.17. The van der Waals surface area contributed by atoms with Gasteiger partial charge in [0.1, 0.15) is 17.4 Å². The third-order valence-electron chi connectivity index (χ3n) is 4.37. The molecule has 1 atom stereocenters. The Kier molecular flexibility index (Phi) is 9.36. The van der Waals surface area contributed by atoms with Crippen molar-refractivity contribution in [1.29, 1.82) is 0 Å². The molecule has 0 radical (unpaired) electrons. The number of ether oxygens (including phenoxy) is 4. The van der Waals surface area contributed by atoms with Gasteiger partial charge in [-0.15, -0.1) is 0 Å². The van der Waals surface area contributed by atoms with Gasteiger partial charge in [0, 0.05) is 8.07 Å². The number of hydrogen-bond acceptors (Lipinski definition) is 6. The number of carbonyl (C=O) groups is 2. The lowest BCUT2D eigenvalue weighted by Crippen LogP contribution is -2.55. The van der Waals surface area contributed by atoms with Gasteiger partial charge in [0.25, 0.3) is 0 Å². The molecule has 0 aliphatic heterocycles. The highest BCUT2D eigenvalue weighted by atomic mass is 28.3. The predicted octanol–water partition coefficient (Wildman–Crippen LogP) is 4.41. The van der Waals surface area contributed by atoms with Gasteiger partial charge in [-0.25, -0.2) is 4.79 Å². The van der Waals surface area contributed by atoms with E-state index >= 15 is 0 Å². The predicted molar refractivity (Wildman–Crippen MR) is 120 cm³/mol. The molecule has 0 spiro atoms. The number of alkyl carbamates (subject to hydrolysis) is 1. The maximum absolute atomic E-state index is 12.4. The van der Waals surface area contributed by atoms with E-state index in [9.17, 15) is 9.59 Å². The van der Waals surface area contributed by atoms with Crippen LogP contribution in [-0.4, -0.2) is 52.4 Å². The van der Waals surface area contributed by atoms with Crippen LogP contribution in [0.3, 0.4) is 0 Å². The number of carbonyl (C=O) groups excluding carboxylic acids is 2. The standard InChI is InChI=1S/C22H37NO6Si/c1-21(2,3)29-20(25)23-22(15-24,11-12-30(6,7)8)16-28-14-17-9-10-18(26-4)19(13-17)27-5/h9-10,13,15H,11-12,14,16H2,1-8H3,(H,23,25)/t22-/m1/s1. The van der Waals surface area contributed by atoms with E-state index < -0.39 is 25.3 Å². The zero-order valence-corrected chi connectivity index (χ0v) is 20.6. The van der Waals surface area contributed by atoms with Gasteiger partial charge in [-0.2, -0.15) is 0 Å². The van der Waals surface area contributed by atoms with Crippen LogP contribution in [0.1, 0.15) is 32.8 Å². The fraction of sp³-hybridized carbons (Fsp3) is 0.636. The lowest BCUT2D eigenvalue weighted by Gasteiger charge is -2.32. The van der Waals surface area contributed by atoms with Crippen molar-refractivity contribution in [3.05, 3.63) is 23.8 Å². The Bertz CT molecular complexity index is 711. The molecule has 1 aromatic carbocycles. The molecule has 0 saturated carbocycles. The number of amides is 1. The molecule has 7 nitrogen and oxygen atoms in total. The Morgan fingerprint density at radius 2 is 1.73 bits per heavy atom. The van der Waals surface area contributed by atoms with Crippen molar-refractivity contribution in [1.82, 2.24) is 5.32 Å². The molecule has 1 N–H and O–H groups in total. The van der Waals surface area contributed by atoms with Gasteiger partial charge in [-0.3, -0.25) is 0 Å². The fourth-order valence-corrected chi connectivity index (χ4v) is 3.92. The largest absolute Gasteiger partial charge is 0.493 e. The monoisotopic (exact) mass is 439 g/mol. The zero-order valence-electron chi connectivity index (χ0n) is 19.6. The Morgan fingerprint density at radius 3 is 2.23 bits per heavy atom. The molecule has 0 saturated heterocycles. The number of nitrogens with one attached hydrogen (secondary N) is 1. The van der Waals surface area contributed by atoms with Crippen LogP contribution in [0, 0.1) is 0 Å². The second kappa shape index (κ2) is 10.8. The van der Waals surface area contributed by atoms with Crippen molar-refractivity contribution in [2.75, 3.05) is 20.8 Å². The molecule has 30 heavy (non-hydrogen) atoms. The minimum absolute atomic E-state index is 0.0502. The van der Waals surface area contributed by atoms with E-state index in [1.807, 2.05) is 12.1 Å². The van der Waals surface area contributed by atoms with Crippen LogP contribution in [0.2, 0.25) is 25.7 Å². The summed E-state index contributed by atoms with van der Waals surface area (Å²) >= 11 is 0. The van der Waals surface area contributed by atoms with Crippen molar-refractivity contribution in [2.24, 2.45) is 0 Å². The third-order valence-corrected chi connectivity index (χ3v) is 6.12. The molecule has 1 rings (SSSR count). The summed E-state index contributed by atoms with van der Waals surface area (Å²) in [6, 6.07) is 6.36. The van der Waals surface area contributed by atoms with Gasteiger partial charge in [0.05, 0.1) is 27.4 Å². The smallest absolute Gasteiger partial charge is 0.408 e. The van der Waals surface area contributed by atoms with Crippen LogP contribution in [0.5, 0.6) is 11.5 Å². The van der Waals surface area contributed by atoms with Crippen LogP contribution >= 0.6 is 0 Å². The van der Waals surface area contributed by atoms with Crippen molar-refractivity contribution in [3.63, 3.8) is 0 Å². The van der Waals surface area contributed by atoms with E-state index in [-0.39, 0.29) is 13.2 Å². The van der Waals surface area contributed by atoms with E-state index in [1.54, 1.807) is 41.1 Å². The highest BCUT2D eigenvalue weighted by Crippen LogP contribution is 2.28. The van der Waals surface area contributed by atoms with Crippen molar-refractivity contribution >= 4 is 20.5 Å².